The highest BCUT2D eigenvalue weighted by molar-refractivity contribution is 6.08. The predicted octanol–water partition coefficient (Wildman–Crippen LogP) is 1.55. The van der Waals surface area contributed by atoms with Gasteiger partial charge in [-0.1, -0.05) is 38.1 Å². The first-order valence-electron chi connectivity index (χ1n) is 9.81. The van der Waals surface area contributed by atoms with Crippen molar-refractivity contribution in [3.05, 3.63) is 66.4 Å². The molecule has 0 bridgehead atoms. The van der Waals surface area contributed by atoms with Gasteiger partial charge in [-0.05, 0) is 24.1 Å². The van der Waals surface area contributed by atoms with Crippen molar-refractivity contribution in [1.82, 2.24) is 15.3 Å². The number of nitrogens with one attached hydrogen (secondary N) is 2. The lowest BCUT2D eigenvalue weighted by Gasteiger charge is -2.42. The second-order valence-electron chi connectivity index (χ2n) is 8.14. The number of aliphatic carboxylic acids is 1. The first-order valence-corrected chi connectivity index (χ1v) is 9.81. The maximum absolute atomic E-state index is 13.3. The molecule has 10 heteroatoms. The Bertz CT molecular complexity index is 1090. The minimum Gasteiger partial charge on any atom is -0.477 e. The highest BCUT2D eigenvalue weighted by Crippen LogP contribution is 2.54. The van der Waals surface area contributed by atoms with Crippen LogP contribution in [0.1, 0.15) is 31.5 Å². The Balaban J connectivity index is 1.96. The Morgan fingerprint density at radius 1 is 1.41 bits per heavy atom. The number of aromatic nitrogens is 2. The molecule has 1 aliphatic rings. The Morgan fingerprint density at radius 3 is 2.69 bits per heavy atom. The smallest absolute Gasteiger partial charge is 0.352 e. The summed E-state index contributed by atoms with van der Waals surface area (Å²) in [5.74, 6) is -2.80. The van der Waals surface area contributed by atoms with E-state index in [2.05, 4.69) is 21.9 Å². The molecule has 2 aromatic rings. The molecule has 1 aromatic carbocycles. The van der Waals surface area contributed by atoms with E-state index in [0.29, 0.717) is 22.0 Å². The van der Waals surface area contributed by atoms with Crippen LogP contribution in [-0.4, -0.2) is 44.1 Å². The van der Waals surface area contributed by atoms with Crippen molar-refractivity contribution in [2.24, 2.45) is 11.1 Å². The summed E-state index contributed by atoms with van der Waals surface area (Å²) in [4.78, 5) is 44.3. The summed E-state index contributed by atoms with van der Waals surface area (Å²) in [6.45, 7) is 7.36. The molecule has 0 radical (unpaired) electrons. The number of nitrogens with zero attached hydrogens (tertiary/aromatic N) is 2. The number of carboxylic acid groups (broad SMARTS) is 1. The van der Waals surface area contributed by atoms with Crippen molar-refractivity contribution in [3.63, 3.8) is 0 Å². The number of allylic oxidation sites excluding steroid dienone is 1. The molecule has 10 nitrogen and oxygen atoms in total. The van der Waals surface area contributed by atoms with E-state index < -0.39 is 40.4 Å². The van der Waals surface area contributed by atoms with Crippen LogP contribution in [0, 0.1) is 5.41 Å². The number of aromatic amines is 1. The molecule has 0 aliphatic carbocycles. The third-order valence-electron chi connectivity index (χ3n) is 5.93. The number of amides is 2. The molecule has 3 rings (SSSR count). The zero-order chi connectivity index (χ0) is 23.7. The van der Waals surface area contributed by atoms with Crippen molar-refractivity contribution < 1.29 is 24.7 Å². The van der Waals surface area contributed by atoms with E-state index >= 15 is 0 Å². The zero-order valence-electron chi connectivity index (χ0n) is 17.7. The molecule has 2 atom stereocenters. The number of para-hydroxylation sites is 1. The van der Waals surface area contributed by atoms with E-state index in [0.717, 1.165) is 0 Å². The van der Waals surface area contributed by atoms with E-state index in [1.165, 1.54) is 18.6 Å². The van der Waals surface area contributed by atoms with Crippen LogP contribution >= 0.6 is 0 Å². The first-order chi connectivity index (χ1) is 15.0. The van der Waals surface area contributed by atoms with Gasteiger partial charge in [0.05, 0.1) is 35.4 Å². The Morgan fingerprint density at radius 2 is 2.09 bits per heavy atom. The van der Waals surface area contributed by atoms with Gasteiger partial charge in [0.1, 0.15) is 5.70 Å². The third kappa shape index (κ3) is 3.70. The summed E-state index contributed by atoms with van der Waals surface area (Å²) in [5.41, 5.74) is 4.65. The number of hydrogen-bond acceptors (Lipinski definition) is 6. The van der Waals surface area contributed by atoms with Crippen LogP contribution in [0.2, 0.25) is 0 Å². The van der Waals surface area contributed by atoms with Gasteiger partial charge in [-0.25, -0.2) is 9.78 Å². The lowest BCUT2D eigenvalue weighted by Crippen LogP contribution is -2.54. The van der Waals surface area contributed by atoms with Crippen molar-refractivity contribution >= 4 is 29.5 Å². The van der Waals surface area contributed by atoms with Gasteiger partial charge in [-0.2, -0.15) is 5.06 Å². The number of carboxylic acids is 1. The number of anilines is 1. The lowest BCUT2D eigenvalue weighted by atomic mass is 9.59. The van der Waals surface area contributed by atoms with Gasteiger partial charge >= 0.3 is 5.97 Å². The number of imidazole rings is 1. The number of fused-ring (bicyclic) bond motifs is 1. The summed E-state index contributed by atoms with van der Waals surface area (Å²) in [6.07, 6.45) is 5.34. The van der Waals surface area contributed by atoms with Gasteiger partial charge in [-0.3, -0.25) is 14.8 Å². The Hall–Kier alpha value is -3.76. The van der Waals surface area contributed by atoms with Gasteiger partial charge in [0.15, 0.2) is 0 Å². The number of H-pyrrole nitrogens is 1. The number of carbonyl (C=O) groups excluding carboxylic acids is 2. The molecule has 1 aliphatic heterocycles. The SMILES string of the molecule is C=CC(C)(C)C1(CC(N)C(=O)N/C(=C/c2cnc[nH]2)C(=O)O)C(=O)N(O)c2ccccc21. The fourth-order valence-corrected chi connectivity index (χ4v) is 3.98. The molecule has 0 fully saturated rings. The largest absolute Gasteiger partial charge is 0.477 e. The van der Waals surface area contributed by atoms with Crippen LogP contribution in [0.5, 0.6) is 0 Å². The van der Waals surface area contributed by atoms with Crippen molar-refractivity contribution in [2.75, 3.05) is 5.06 Å². The van der Waals surface area contributed by atoms with Crippen LogP contribution in [0.25, 0.3) is 6.08 Å². The van der Waals surface area contributed by atoms with Gasteiger partial charge in [0.2, 0.25) is 5.91 Å². The highest BCUT2D eigenvalue weighted by Gasteiger charge is 2.59. The van der Waals surface area contributed by atoms with E-state index in [-0.39, 0.29) is 6.42 Å². The van der Waals surface area contributed by atoms with Crippen molar-refractivity contribution in [3.8, 4) is 0 Å². The summed E-state index contributed by atoms with van der Waals surface area (Å²) in [7, 11) is 0. The standard InChI is InChI=1S/C22H25N5O5/c1-4-21(2,3)22(14-7-5-6-8-17(14)27(32)20(22)31)10-15(23)18(28)26-16(19(29)30)9-13-11-24-12-25-13/h4-9,11-12,15,32H,1,10,23H2,2-3H3,(H,24,25)(H,26,28)(H,29,30)/b16-9+. The normalized spacial score (nSPS) is 19.4. The minimum absolute atomic E-state index is 0.193. The van der Waals surface area contributed by atoms with Crippen LogP contribution in [0.3, 0.4) is 0 Å². The quantitative estimate of drug-likeness (QED) is 0.237. The maximum atomic E-state index is 13.3. The second kappa shape index (κ2) is 8.40. The van der Waals surface area contributed by atoms with Crippen LogP contribution in [0.15, 0.2) is 55.1 Å². The number of hydroxylamine groups is 1. The minimum atomic E-state index is -1.40. The van der Waals surface area contributed by atoms with Gasteiger partial charge < -0.3 is 21.1 Å². The summed E-state index contributed by atoms with van der Waals surface area (Å²) in [5, 5.41) is 22.8. The molecule has 0 spiro atoms. The molecular formula is C22H25N5O5. The Kier molecular flexibility index (Phi) is 6.02. The average Bonchev–Trinajstić information content (AvgIpc) is 3.35. The third-order valence-corrected chi connectivity index (χ3v) is 5.93. The summed E-state index contributed by atoms with van der Waals surface area (Å²) >= 11 is 0. The molecule has 2 unspecified atom stereocenters. The van der Waals surface area contributed by atoms with Gasteiger partial charge in [-0.15, -0.1) is 6.58 Å². The molecule has 168 valence electrons. The fraction of sp³-hybridized carbons (Fsp3) is 0.273. The number of carbonyl (C=O) groups is 3. The topological polar surface area (TPSA) is 162 Å². The number of benzene rings is 1. The monoisotopic (exact) mass is 439 g/mol. The molecule has 2 heterocycles. The summed E-state index contributed by atoms with van der Waals surface area (Å²) in [6, 6.07) is 5.41. The predicted molar refractivity (Wildman–Crippen MR) is 116 cm³/mol. The lowest BCUT2D eigenvalue weighted by molar-refractivity contribution is -0.135. The van der Waals surface area contributed by atoms with Gasteiger partial charge in [0.25, 0.3) is 5.91 Å². The molecule has 0 saturated carbocycles. The van der Waals surface area contributed by atoms with Crippen LogP contribution in [0.4, 0.5) is 5.69 Å². The number of nitrogens with two attached hydrogens (primary N) is 1. The van der Waals surface area contributed by atoms with Crippen molar-refractivity contribution in [1.29, 1.82) is 0 Å². The molecular weight excluding hydrogens is 414 g/mol. The molecule has 1 aromatic heterocycles. The molecule has 2 amide bonds. The van der Waals surface area contributed by atoms with E-state index in [9.17, 15) is 24.7 Å². The number of rotatable bonds is 8. The second-order valence-corrected chi connectivity index (χ2v) is 8.14. The highest BCUT2D eigenvalue weighted by atomic mass is 16.5. The van der Waals surface area contributed by atoms with Gasteiger partial charge in [0, 0.05) is 5.41 Å². The maximum Gasteiger partial charge on any atom is 0.352 e. The molecule has 0 saturated heterocycles. The van der Waals surface area contributed by atoms with E-state index in [4.69, 9.17) is 5.73 Å². The zero-order valence-corrected chi connectivity index (χ0v) is 17.7. The fourth-order valence-electron chi connectivity index (χ4n) is 3.98. The average molecular weight is 439 g/mol. The van der Waals surface area contributed by atoms with Crippen molar-refractivity contribution in [2.45, 2.75) is 31.7 Å². The first kappa shape index (κ1) is 22.9. The van der Waals surface area contributed by atoms with Crippen LogP contribution < -0.4 is 16.1 Å². The summed E-state index contributed by atoms with van der Waals surface area (Å²) < 4.78 is 0. The van der Waals surface area contributed by atoms with Crippen LogP contribution in [-0.2, 0) is 19.8 Å². The van der Waals surface area contributed by atoms with E-state index in [1.54, 1.807) is 44.2 Å². The van der Waals surface area contributed by atoms with E-state index in [1.807, 2.05) is 0 Å². The number of hydrogen-bond donors (Lipinski definition) is 5. The molecule has 6 N–H and O–H groups in total. The molecule has 32 heavy (non-hydrogen) atoms. The Labute approximate surface area is 184 Å².